The Morgan fingerprint density at radius 1 is 1.03 bits per heavy atom. The van der Waals surface area contributed by atoms with E-state index in [-0.39, 0.29) is 31.6 Å². The Labute approximate surface area is 217 Å². The van der Waals surface area contributed by atoms with Crippen LogP contribution in [0.15, 0.2) is 79.0 Å². The Hall–Kier alpha value is -4.46. The molecule has 1 unspecified atom stereocenters. The Morgan fingerprint density at radius 3 is 2.51 bits per heavy atom. The van der Waals surface area contributed by atoms with Gasteiger partial charge in [0.25, 0.3) is 5.91 Å². The van der Waals surface area contributed by atoms with Crippen LogP contribution in [0.5, 0.6) is 17.2 Å². The van der Waals surface area contributed by atoms with Crippen LogP contribution < -0.4 is 14.8 Å². The molecule has 37 heavy (non-hydrogen) atoms. The van der Waals surface area contributed by atoms with Gasteiger partial charge in [-0.15, -0.1) is 0 Å². The zero-order valence-electron chi connectivity index (χ0n) is 20.9. The van der Waals surface area contributed by atoms with Gasteiger partial charge in [-0.2, -0.15) is 0 Å². The quantitative estimate of drug-likeness (QED) is 0.283. The number of phenols is 1. The van der Waals surface area contributed by atoms with Gasteiger partial charge in [0, 0.05) is 44.1 Å². The summed E-state index contributed by atoms with van der Waals surface area (Å²) >= 11 is 0. The summed E-state index contributed by atoms with van der Waals surface area (Å²) < 4.78 is 11.0. The summed E-state index contributed by atoms with van der Waals surface area (Å²) in [6.07, 6.45) is 2.46. The van der Waals surface area contributed by atoms with E-state index in [4.69, 9.17) is 9.47 Å². The number of aromatic amines is 1. The van der Waals surface area contributed by atoms with Crippen LogP contribution in [0.25, 0.3) is 10.9 Å². The highest BCUT2D eigenvalue weighted by molar-refractivity contribution is 5.83. The van der Waals surface area contributed by atoms with E-state index in [9.17, 15) is 14.7 Å². The number of carbonyl (C=O) groups excluding carboxylic acids is 2. The molecule has 0 bridgehead atoms. The van der Waals surface area contributed by atoms with Crippen LogP contribution in [-0.2, 0) is 22.6 Å². The van der Waals surface area contributed by atoms with E-state index in [1.807, 2.05) is 54.7 Å². The summed E-state index contributed by atoms with van der Waals surface area (Å²) in [5, 5.41) is 13.6. The summed E-state index contributed by atoms with van der Waals surface area (Å²) in [5.74, 6) is 0.883. The van der Waals surface area contributed by atoms with Gasteiger partial charge < -0.3 is 29.8 Å². The molecule has 0 fully saturated rings. The van der Waals surface area contributed by atoms with E-state index in [1.54, 1.807) is 24.1 Å². The number of H-pyrrole nitrogens is 1. The highest BCUT2D eigenvalue weighted by Gasteiger charge is 2.22. The molecule has 8 nitrogen and oxygen atoms in total. The van der Waals surface area contributed by atoms with Crippen molar-refractivity contribution in [3.63, 3.8) is 0 Å². The van der Waals surface area contributed by atoms with Crippen molar-refractivity contribution in [2.45, 2.75) is 25.9 Å². The molecule has 0 aliphatic rings. The lowest BCUT2D eigenvalue weighted by Crippen LogP contribution is -2.47. The Kier molecular flexibility index (Phi) is 8.30. The molecule has 2 amide bonds. The van der Waals surface area contributed by atoms with E-state index in [2.05, 4.69) is 10.3 Å². The first-order valence-corrected chi connectivity index (χ1v) is 12.1. The third-order valence-corrected chi connectivity index (χ3v) is 6.15. The van der Waals surface area contributed by atoms with Gasteiger partial charge in [-0.25, -0.2) is 0 Å². The third-order valence-electron chi connectivity index (χ3n) is 6.15. The predicted octanol–water partition coefficient (Wildman–Crippen LogP) is 4.28. The average Bonchev–Trinajstić information content (AvgIpc) is 3.31. The maximum absolute atomic E-state index is 12.9. The molecule has 0 aliphatic heterocycles. The summed E-state index contributed by atoms with van der Waals surface area (Å²) in [5.41, 5.74) is 2.94. The second-order valence-electron chi connectivity index (χ2n) is 8.82. The fourth-order valence-electron chi connectivity index (χ4n) is 4.30. The number of carbonyl (C=O) groups is 2. The third kappa shape index (κ3) is 6.82. The van der Waals surface area contributed by atoms with Crippen molar-refractivity contribution in [2.24, 2.45) is 0 Å². The van der Waals surface area contributed by atoms with E-state index >= 15 is 0 Å². The summed E-state index contributed by atoms with van der Waals surface area (Å²) in [4.78, 5) is 30.5. The highest BCUT2D eigenvalue weighted by atomic mass is 16.5. The van der Waals surface area contributed by atoms with Crippen molar-refractivity contribution in [1.29, 1.82) is 0 Å². The second kappa shape index (κ2) is 12.0. The van der Waals surface area contributed by atoms with Gasteiger partial charge in [0.1, 0.15) is 17.2 Å². The van der Waals surface area contributed by atoms with E-state index < -0.39 is 0 Å². The first-order valence-electron chi connectivity index (χ1n) is 12.1. The molecule has 1 aromatic heterocycles. The number of amides is 2. The van der Waals surface area contributed by atoms with Gasteiger partial charge in [-0.1, -0.05) is 36.4 Å². The molecule has 194 valence electrons. The topological polar surface area (TPSA) is 104 Å². The van der Waals surface area contributed by atoms with E-state index in [1.165, 1.54) is 19.1 Å². The molecule has 0 saturated heterocycles. The van der Waals surface area contributed by atoms with Gasteiger partial charge in [-0.05, 0) is 48.4 Å². The number of nitrogens with zero attached hydrogens (tertiary/aromatic N) is 1. The van der Waals surface area contributed by atoms with Crippen LogP contribution in [0.3, 0.4) is 0 Å². The molecule has 0 radical (unpaired) electrons. The minimum atomic E-state index is -0.367. The summed E-state index contributed by atoms with van der Waals surface area (Å²) in [6, 6.07) is 21.4. The van der Waals surface area contributed by atoms with Crippen molar-refractivity contribution in [1.82, 2.24) is 15.2 Å². The molecule has 0 saturated carbocycles. The largest absolute Gasteiger partial charge is 0.508 e. The van der Waals surface area contributed by atoms with Crippen LogP contribution in [0.4, 0.5) is 0 Å². The fraction of sp³-hybridized carbons (Fsp3) is 0.241. The number of phenolic OH excluding ortho intramolecular Hbond substituents is 1. The second-order valence-corrected chi connectivity index (χ2v) is 8.82. The number of benzene rings is 3. The monoisotopic (exact) mass is 503 g/mol. The van der Waals surface area contributed by atoms with Gasteiger partial charge in [-0.3, -0.25) is 9.59 Å². The molecular formula is C29H33N3O5. The van der Waals surface area contributed by atoms with Gasteiger partial charge in [0.2, 0.25) is 5.91 Å². The summed E-state index contributed by atoms with van der Waals surface area (Å²) in [6.45, 7) is 1.98. The van der Waals surface area contributed by atoms with Crippen LogP contribution in [0.2, 0.25) is 0 Å². The molecule has 3 aromatic carbocycles. The van der Waals surface area contributed by atoms with Crippen molar-refractivity contribution in [3.05, 3.63) is 90.1 Å². The van der Waals surface area contributed by atoms with Crippen molar-refractivity contribution < 1.29 is 25.6 Å². The number of rotatable bonds is 11. The first-order chi connectivity index (χ1) is 17.9. The molecule has 8 heteroatoms. The van der Waals surface area contributed by atoms with E-state index in [0.717, 1.165) is 22.0 Å². The van der Waals surface area contributed by atoms with Crippen LogP contribution >= 0.6 is 0 Å². The normalized spacial score (nSPS) is 11.6. The number of hydrogen-bond donors (Lipinski definition) is 3. The molecule has 0 spiro atoms. The predicted molar refractivity (Wildman–Crippen MR) is 144 cm³/mol. The van der Waals surface area contributed by atoms with Gasteiger partial charge >= 0.3 is 0 Å². The Balaban J connectivity index is 0.00000400. The number of hydrogen-bond acceptors (Lipinski definition) is 5. The van der Waals surface area contributed by atoms with Gasteiger partial charge in [0.05, 0.1) is 13.2 Å². The average molecular weight is 504 g/mol. The molecule has 4 aromatic rings. The molecule has 4 rings (SSSR count). The van der Waals surface area contributed by atoms with Crippen LogP contribution in [0, 0.1) is 0 Å². The molecule has 1 heterocycles. The minimum Gasteiger partial charge on any atom is -0.508 e. The minimum absolute atomic E-state index is 0. The standard InChI is InChI=1S/C29H31N3O5.H2/c1-20(33)32(17-21-7-3-6-10-28(21)36-2)18-23(15-22-16-30-27-9-5-4-8-26(22)27)31-29(35)19-37-25-13-11-24(34)12-14-25;/h3-14,16,23,30,34H,15,17-19H2,1-2H3,(H,31,35);1H. The number of aromatic hydroxyl groups is 1. The van der Waals surface area contributed by atoms with Crippen molar-refractivity contribution in [2.75, 3.05) is 20.3 Å². The van der Waals surface area contributed by atoms with Gasteiger partial charge in [0.15, 0.2) is 6.61 Å². The smallest absolute Gasteiger partial charge is 0.258 e. The zero-order chi connectivity index (χ0) is 26.2. The maximum atomic E-state index is 12.9. The number of methoxy groups -OCH3 is 1. The SMILES string of the molecule is COc1ccccc1CN(CC(Cc1c[nH]c2ccccc12)NC(=O)COc1ccc(O)cc1)C(C)=O.[HH]. The number of ether oxygens (including phenoxy) is 2. The molecule has 0 aliphatic carbocycles. The van der Waals surface area contributed by atoms with Crippen molar-refractivity contribution >= 4 is 22.7 Å². The molecule has 3 N–H and O–H groups in total. The summed E-state index contributed by atoms with van der Waals surface area (Å²) in [7, 11) is 1.60. The van der Waals surface area contributed by atoms with Crippen molar-refractivity contribution in [3.8, 4) is 17.2 Å². The van der Waals surface area contributed by atoms with Crippen LogP contribution in [-0.4, -0.2) is 53.1 Å². The highest BCUT2D eigenvalue weighted by Crippen LogP contribution is 2.22. The fourth-order valence-corrected chi connectivity index (χ4v) is 4.30. The number of para-hydroxylation sites is 2. The first kappa shape index (κ1) is 25.6. The number of fused-ring (bicyclic) bond motifs is 1. The lowest BCUT2D eigenvalue weighted by Gasteiger charge is -2.28. The van der Waals surface area contributed by atoms with E-state index in [0.29, 0.717) is 31.0 Å². The number of nitrogens with one attached hydrogen (secondary N) is 2. The molecular weight excluding hydrogens is 470 g/mol. The number of aromatic nitrogens is 1. The maximum Gasteiger partial charge on any atom is 0.258 e. The van der Waals surface area contributed by atoms with Crippen LogP contribution in [0.1, 0.15) is 19.5 Å². The Bertz CT molecular complexity index is 1360. The Morgan fingerprint density at radius 2 is 1.76 bits per heavy atom. The lowest BCUT2D eigenvalue weighted by molar-refractivity contribution is -0.131. The lowest BCUT2D eigenvalue weighted by atomic mass is 10.0. The zero-order valence-corrected chi connectivity index (χ0v) is 20.9. The molecule has 1 atom stereocenters.